The molecule has 2 fully saturated rings. The average Bonchev–Trinajstić information content (AvgIpc) is 3.19. The molecule has 170 valence electrons. The van der Waals surface area contributed by atoms with Crippen LogP contribution in [0.4, 0.5) is 0 Å². The van der Waals surface area contributed by atoms with Crippen molar-refractivity contribution >= 4 is 28.5 Å². The second-order valence-electron chi connectivity index (χ2n) is 9.55. The van der Waals surface area contributed by atoms with E-state index in [1.165, 1.54) is 0 Å². The minimum absolute atomic E-state index is 0.00449. The molecular formula is C26H33N3O3. The van der Waals surface area contributed by atoms with Crippen molar-refractivity contribution in [2.24, 2.45) is 5.92 Å². The molecule has 2 aliphatic rings. The van der Waals surface area contributed by atoms with E-state index in [9.17, 15) is 14.4 Å². The first kappa shape index (κ1) is 22.3. The van der Waals surface area contributed by atoms with E-state index >= 15 is 0 Å². The van der Waals surface area contributed by atoms with Crippen LogP contribution >= 0.6 is 0 Å². The zero-order valence-corrected chi connectivity index (χ0v) is 19.1. The van der Waals surface area contributed by atoms with Gasteiger partial charge in [-0.1, -0.05) is 42.5 Å². The fraction of sp³-hybridized carbons (Fsp3) is 0.500. The number of hydrogen-bond acceptors (Lipinski definition) is 3. The van der Waals surface area contributed by atoms with Gasteiger partial charge in [-0.2, -0.15) is 0 Å². The van der Waals surface area contributed by atoms with Gasteiger partial charge >= 0.3 is 0 Å². The maximum absolute atomic E-state index is 13.2. The summed E-state index contributed by atoms with van der Waals surface area (Å²) in [5, 5.41) is 5.53. The first-order valence-electron chi connectivity index (χ1n) is 11.7. The van der Waals surface area contributed by atoms with Gasteiger partial charge in [0.05, 0.1) is 11.5 Å². The lowest BCUT2D eigenvalue weighted by molar-refractivity contribution is -0.138. The molecule has 2 saturated heterocycles. The summed E-state index contributed by atoms with van der Waals surface area (Å²) in [6.07, 6.45) is 3.30. The molecule has 0 saturated carbocycles. The highest BCUT2D eigenvalue weighted by Gasteiger charge is 2.33. The Kier molecular flexibility index (Phi) is 6.49. The number of fused-ring (bicyclic) bond motifs is 1. The van der Waals surface area contributed by atoms with Crippen LogP contribution < -0.4 is 5.32 Å². The molecular weight excluding hydrogens is 402 g/mol. The second-order valence-corrected chi connectivity index (χ2v) is 9.55. The zero-order valence-electron chi connectivity index (χ0n) is 19.1. The molecule has 0 unspecified atom stereocenters. The summed E-state index contributed by atoms with van der Waals surface area (Å²) in [4.78, 5) is 41.1. The third-order valence-electron chi connectivity index (χ3n) is 6.80. The van der Waals surface area contributed by atoms with Gasteiger partial charge in [-0.3, -0.25) is 14.4 Å². The third-order valence-corrected chi connectivity index (χ3v) is 6.80. The van der Waals surface area contributed by atoms with Crippen LogP contribution in [0.5, 0.6) is 0 Å². The molecule has 3 amide bonds. The quantitative estimate of drug-likeness (QED) is 0.724. The number of piperidine rings is 1. The van der Waals surface area contributed by atoms with Gasteiger partial charge < -0.3 is 15.1 Å². The molecule has 1 N–H and O–H groups in total. The highest BCUT2D eigenvalue weighted by atomic mass is 16.2. The van der Waals surface area contributed by atoms with Crippen molar-refractivity contribution in [2.45, 2.75) is 51.5 Å². The van der Waals surface area contributed by atoms with Gasteiger partial charge in [-0.05, 0) is 49.4 Å². The van der Waals surface area contributed by atoms with Crippen LogP contribution in [-0.4, -0.2) is 53.7 Å². The average molecular weight is 436 g/mol. The Labute approximate surface area is 189 Å². The van der Waals surface area contributed by atoms with E-state index in [2.05, 4.69) is 29.6 Å². The Bertz CT molecular complexity index is 1010. The van der Waals surface area contributed by atoms with Crippen LogP contribution in [-0.2, 0) is 19.9 Å². The van der Waals surface area contributed by atoms with Crippen molar-refractivity contribution in [2.75, 3.05) is 26.2 Å². The molecule has 0 bridgehead atoms. The van der Waals surface area contributed by atoms with Gasteiger partial charge in [0.1, 0.15) is 0 Å². The Morgan fingerprint density at radius 1 is 1.00 bits per heavy atom. The topological polar surface area (TPSA) is 69.7 Å². The van der Waals surface area contributed by atoms with E-state index in [0.717, 1.165) is 35.7 Å². The summed E-state index contributed by atoms with van der Waals surface area (Å²) < 4.78 is 0. The summed E-state index contributed by atoms with van der Waals surface area (Å²) in [7, 11) is 0. The van der Waals surface area contributed by atoms with Gasteiger partial charge in [0.15, 0.2) is 0 Å². The minimum atomic E-state index is -0.527. The van der Waals surface area contributed by atoms with Crippen molar-refractivity contribution in [3.8, 4) is 0 Å². The van der Waals surface area contributed by atoms with Crippen molar-refractivity contribution < 1.29 is 14.4 Å². The summed E-state index contributed by atoms with van der Waals surface area (Å²) in [6.45, 7) is 6.62. The van der Waals surface area contributed by atoms with Crippen molar-refractivity contribution in [3.63, 3.8) is 0 Å². The fourth-order valence-electron chi connectivity index (χ4n) is 4.99. The number of nitrogens with one attached hydrogen (secondary N) is 1. The normalized spacial score (nSPS) is 19.6. The third kappa shape index (κ3) is 4.79. The predicted molar refractivity (Wildman–Crippen MR) is 125 cm³/mol. The number of carbonyl (C=O) groups excluding carboxylic acids is 3. The predicted octanol–water partition coefficient (Wildman–Crippen LogP) is 3.44. The number of nitrogens with zero attached hydrogens (tertiary/aromatic N) is 2. The molecule has 4 rings (SSSR count). The summed E-state index contributed by atoms with van der Waals surface area (Å²) in [5.41, 5.74) is 0.559. The molecule has 32 heavy (non-hydrogen) atoms. The Morgan fingerprint density at radius 2 is 1.72 bits per heavy atom. The number of hydrogen-bond donors (Lipinski definition) is 1. The monoisotopic (exact) mass is 435 g/mol. The zero-order chi connectivity index (χ0) is 22.7. The lowest BCUT2D eigenvalue weighted by atomic mass is 9.88. The molecule has 2 aliphatic heterocycles. The van der Waals surface area contributed by atoms with Gasteiger partial charge in [0.25, 0.3) is 0 Å². The summed E-state index contributed by atoms with van der Waals surface area (Å²) in [6, 6.07) is 14.4. The van der Waals surface area contributed by atoms with Crippen LogP contribution in [0.15, 0.2) is 42.5 Å². The maximum atomic E-state index is 13.2. The van der Waals surface area contributed by atoms with Gasteiger partial charge in [-0.15, -0.1) is 0 Å². The molecule has 2 aromatic carbocycles. The lowest BCUT2D eigenvalue weighted by Gasteiger charge is -2.35. The lowest BCUT2D eigenvalue weighted by Crippen LogP contribution is -2.50. The van der Waals surface area contributed by atoms with Crippen LogP contribution in [0.2, 0.25) is 0 Å². The fourth-order valence-corrected chi connectivity index (χ4v) is 4.99. The van der Waals surface area contributed by atoms with E-state index in [0.29, 0.717) is 38.9 Å². The largest absolute Gasteiger partial charge is 0.347 e. The van der Waals surface area contributed by atoms with Crippen molar-refractivity contribution in [3.05, 3.63) is 48.0 Å². The molecule has 2 heterocycles. The van der Waals surface area contributed by atoms with Crippen LogP contribution in [0.1, 0.15) is 51.5 Å². The molecule has 6 nitrogen and oxygen atoms in total. The first-order chi connectivity index (χ1) is 15.3. The Balaban J connectivity index is 1.38. The number of benzene rings is 2. The smallest absolute Gasteiger partial charge is 0.225 e. The SMILES string of the molecule is CC(C)(NC(=O)[C@@H]1CCC(=O)N(CCCN2CCCC2=O)C1)c1cccc2ccccc12. The van der Waals surface area contributed by atoms with Gasteiger partial charge in [-0.25, -0.2) is 0 Å². The van der Waals surface area contributed by atoms with Crippen LogP contribution in [0, 0.1) is 5.92 Å². The van der Waals surface area contributed by atoms with E-state index in [1.54, 1.807) is 4.90 Å². The first-order valence-corrected chi connectivity index (χ1v) is 11.7. The molecule has 0 spiro atoms. The van der Waals surface area contributed by atoms with E-state index in [4.69, 9.17) is 0 Å². The molecule has 0 radical (unpaired) electrons. The van der Waals surface area contributed by atoms with Crippen molar-refractivity contribution in [1.29, 1.82) is 0 Å². The highest BCUT2D eigenvalue weighted by Crippen LogP contribution is 2.29. The van der Waals surface area contributed by atoms with Gasteiger partial charge in [0, 0.05) is 39.0 Å². The second kappa shape index (κ2) is 9.31. The van der Waals surface area contributed by atoms with Crippen molar-refractivity contribution in [1.82, 2.24) is 15.1 Å². The summed E-state index contributed by atoms with van der Waals surface area (Å²) in [5.74, 6) is 0.100. The number of carbonyl (C=O) groups is 3. The molecule has 6 heteroatoms. The Hall–Kier alpha value is -2.89. The van der Waals surface area contributed by atoms with Gasteiger partial charge in [0.2, 0.25) is 17.7 Å². The van der Waals surface area contributed by atoms with E-state index < -0.39 is 5.54 Å². The minimum Gasteiger partial charge on any atom is -0.347 e. The standard InChI is InChI=1S/C26H33N3O3/c1-26(2,22-11-5-9-19-8-3-4-10-21(19)22)27-25(32)20-13-14-24(31)29(18-20)17-7-16-28-15-6-12-23(28)30/h3-5,8-11,20H,6-7,12-18H2,1-2H3,(H,27,32)/t20-/m1/s1. The molecule has 2 aromatic rings. The number of rotatable bonds is 7. The molecule has 0 aromatic heterocycles. The molecule has 1 atom stereocenters. The summed E-state index contributed by atoms with van der Waals surface area (Å²) >= 11 is 0. The van der Waals surface area contributed by atoms with Crippen LogP contribution in [0.3, 0.4) is 0 Å². The number of likely N-dealkylation sites (tertiary alicyclic amines) is 2. The number of amides is 3. The Morgan fingerprint density at radius 3 is 2.50 bits per heavy atom. The van der Waals surface area contributed by atoms with E-state index in [1.807, 2.05) is 36.9 Å². The molecule has 0 aliphatic carbocycles. The van der Waals surface area contributed by atoms with Crippen LogP contribution in [0.25, 0.3) is 10.8 Å². The maximum Gasteiger partial charge on any atom is 0.225 e. The van der Waals surface area contributed by atoms with E-state index in [-0.39, 0.29) is 23.6 Å². The highest BCUT2D eigenvalue weighted by molar-refractivity contribution is 5.88.